The molecule has 2 N–H and O–H groups in total. The highest BCUT2D eigenvalue weighted by molar-refractivity contribution is 5.51. The van der Waals surface area contributed by atoms with Crippen molar-refractivity contribution in [3.05, 3.63) is 29.3 Å². The highest BCUT2D eigenvalue weighted by Crippen LogP contribution is 2.29. The molecule has 118 valence electrons. The van der Waals surface area contributed by atoms with Crippen molar-refractivity contribution in [1.29, 1.82) is 0 Å². The Kier molecular flexibility index (Phi) is 5.53. The molecule has 0 aromatic heterocycles. The molecule has 1 heterocycles. The van der Waals surface area contributed by atoms with E-state index in [1.807, 2.05) is 13.8 Å². The minimum absolute atomic E-state index is 0.0430. The van der Waals surface area contributed by atoms with Crippen LogP contribution in [0.5, 0.6) is 0 Å². The number of nitrogens with one attached hydrogen (secondary N) is 1. The van der Waals surface area contributed by atoms with Crippen molar-refractivity contribution in [2.75, 3.05) is 24.6 Å². The Labute approximate surface area is 125 Å². The molecule has 0 amide bonds. The van der Waals surface area contributed by atoms with Crippen LogP contribution in [0, 0.1) is 17.6 Å². The fourth-order valence-corrected chi connectivity index (χ4v) is 2.76. The number of halogens is 2. The number of nitrogens with zero attached hydrogens (tertiary/aromatic N) is 1. The van der Waals surface area contributed by atoms with Gasteiger partial charge in [0.25, 0.3) is 0 Å². The van der Waals surface area contributed by atoms with Gasteiger partial charge >= 0.3 is 0 Å². The monoisotopic (exact) mass is 298 g/mol. The number of piperidine rings is 1. The zero-order chi connectivity index (χ0) is 15.4. The molecule has 1 unspecified atom stereocenters. The van der Waals surface area contributed by atoms with Gasteiger partial charge in [0.15, 0.2) is 0 Å². The van der Waals surface area contributed by atoms with E-state index >= 15 is 0 Å². The molecule has 1 aliphatic heterocycles. The summed E-state index contributed by atoms with van der Waals surface area (Å²) in [4.78, 5) is 1.72. The number of benzene rings is 1. The normalized spacial score (nSPS) is 19.3. The smallest absolute Gasteiger partial charge is 0.149 e. The van der Waals surface area contributed by atoms with E-state index in [9.17, 15) is 13.9 Å². The predicted octanol–water partition coefficient (Wildman–Crippen LogP) is 2.67. The van der Waals surface area contributed by atoms with Gasteiger partial charge in [0.1, 0.15) is 17.3 Å². The van der Waals surface area contributed by atoms with Crippen LogP contribution in [0.3, 0.4) is 0 Å². The van der Waals surface area contributed by atoms with Gasteiger partial charge in [-0.1, -0.05) is 13.8 Å². The van der Waals surface area contributed by atoms with Crippen LogP contribution in [0.15, 0.2) is 12.1 Å². The summed E-state index contributed by atoms with van der Waals surface area (Å²) in [6.07, 6.45) is 1.76. The molecular formula is C16H24F2N2O. The van der Waals surface area contributed by atoms with Gasteiger partial charge in [-0.15, -0.1) is 0 Å². The quantitative estimate of drug-likeness (QED) is 0.877. The van der Waals surface area contributed by atoms with Crippen LogP contribution in [0.2, 0.25) is 0 Å². The molecule has 2 rings (SSSR count). The zero-order valence-electron chi connectivity index (χ0n) is 12.7. The van der Waals surface area contributed by atoms with Gasteiger partial charge in [0.2, 0.25) is 0 Å². The van der Waals surface area contributed by atoms with E-state index in [2.05, 4.69) is 5.32 Å². The van der Waals surface area contributed by atoms with Gasteiger partial charge in [-0.25, -0.2) is 8.78 Å². The maximum Gasteiger partial charge on any atom is 0.149 e. The Morgan fingerprint density at radius 3 is 2.57 bits per heavy atom. The fourth-order valence-electron chi connectivity index (χ4n) is 2.76. The number of aliphatic hydroxyl groups is 1. The first-order valence-electron chi connectivity index (χ1n) is 7.58. The highest BCUT2D eigenvalue weighted by atomic mass is 19.1. The van der Waals surface area contributed by atoms with Crippen LogP contribution in [0.4, 0.5) is 14.5 Å². The molecule has 1 fully saturated rings. The number of anilines is 1. The van der Waals surface area contributed by atoms with Crippen molar-refractivity contribution in [3.63, 3.8) is 0 Å². The maximum absolute atomic E-state index is 14.3. The topological polar surface area (TPSA) is 35.5 Å². The van der Waals surface area contributed by atoms with Gasteiger partial charge in [-0.05, 0) is 36.5 Å². The van der Waals surface area contributed by atoms with Crippen LogP contribution in [-0.2, 0) is 6.54 Å². The molecule has 21 heavy (non-hydrogen) atoms. The van der Waals surface area contributed by atoms with E-state index < -0.39 is 11.6 Å². The Morgan fingerprint density at radius 2 is 2.00 bits per heavy atom. The minimum atomic E-state index is -0.519. The SMILES string of the molecule is CC(C)NCc1cc(F)c(N2CCCC(CO)C2)c(F)c1. The van der Waals surface area contributed by atoms with Crippen LogP contribution in [-0.4, -0.2) is 30.8 Å². The zero-order valence-corrected chi connectivity index (χ0v) is 12.7. The molecule has 0 aliphatic carbocycles. The van der Waals surface area contributed by atoms with Gasteiger partial charge in [0, 0.05) is 32.3 Å². The Bertz CT molecular complexity index is 456. The standard InChI is InChI=1S/C16H24F2N2O/c1-11(2)19-8-13-6-14(17)16(15(18)7-13)20-5-3-4-12(9-20)10-21/h6-7,11-12,19,21H,3-5,8-10H2,1-2H3. The Balaban J connectivity index is 2.16. The largest absolute Gasteiger partial charge is 0.396 e. The Hall–Kier alpha value is -1.20. The molecule has 1 aliphatic rings. The number of hydrogen-bond acceptors (Lipinski definition) is 3. The van der Waals surface area contributed by atoms with Gasteiger partial charge in [-0.2, -0.15) is 0 Å². The van der Waals surface area contributed by atoms with E-state index in [0.29, 0.717) is 25.2 Å². The Morgan fingerprint density at radius 1 is 1.33 bits per heavy atom. The third-order valence-corrected chi connectivity index (χ3v) is 3.88. The second-order valence-corrected chi connectivity index (χ2v) is 6.08. The summed E-state index contributed by atoms with van der Waals surface area (Å²) in [6.45, 7) is 5.64. The summed E-state index contributed by atoms with van der Waals surface area (Å²) in [5, 5.41) is 12.4. The van der Waals surface area contributed by atoms with Crippen molar-refractivity contribution in [1.82, 2.24) is 5.32 Å². The van der Waals surface area contributed by atoms with Gasteiger partial charge < -0.3 is 15.3 Å². The second kappa shape index (κ2) is 7.18. The first-order valence-corrected chi connectivity index (χ1v) is 7.58. The van der Waals surface area contributed by atoms with Crippen molar-refractivity contribution in [2.24, 2.45) is 5.92 Å². The summed E-state index contributed by atoms with van der Waals surface area (Å²) >= 11 is 0. The molecule has 0 radical (unpaired) electrons. The molecule has 3 nitrogen and oxygen atoms in total. The third-order valence-electron chi connectivity index (χ3n) is 3.88. The molecular weight excluding hydrogens is 274 g/mol. The summed E-state index contributed by atoms with van der Waals surface area (Å²) in [5.41, 5.74) is 0.652. The van der Waals surface area contributed by atoms with E-state index in [-0.39, 0.29) is 24.3 Å². The lowest BCUT2D eigenvalue weighted by molar-refractivity contribution is 0.208. The van der Waals surface area contributed by atoms with E-state index in [4.69, 9.17) is 0 Å². The average Bonchev–Trinajstić information content (AvgIpc) is 2.44. The molecule has 1 aromatic carbocycles. The molecule has 0 spiro atoms. The van der Waals surface area contributed by atoms with Gasteiger partial charge in [0.05, 0.1) is 0 Å². The first kappa shape index (κ1) is 16.2. The van der Waals surface area contributed by atoms with E-state index in [1.54, 1.807) is 4.90 Å². The lowest BCUT2D eigenvalue weighted by atomic mass is 9.98. The van der Waals surface area contributed by atoms with Crippen LogP contribution < -0.4 is 10.2 Å². The van der Waals surface area contributed by atoms with E-state index in [0.717, 1.165) is 12.8 Å². The second-order valence-electron chi connectivity index (χ2n) is 6.08. The number of rotatable bonds is 5. The number of hydrogen-bond donors (Lipinski definition) is 2. The summed E-state index contributed by atoms with van der Waals surface area (Å²) in [7, 11) is 0. The predicted molar refractivity (Wildman–Crippen MR) is 80.4 cm³/mol. The maximum atomic E-state index is 14.3. The average molecular weight is 298 g/mol. The lowest BCUT2D eigenvalue weighted by Crippen LogP contribution is -2.38. The molecule has 0 bridgehead atoms. The summed E-state index contributed by atoms with van der Waals surface area (Å²) < 4.78 is 28.6. The van der Waals surface area contributed by atoms with Crippen molar-refractivity contribution >= 4 is 5.69 Å². The van der Waals surface area contributed by atoms with Crippen molar-refractivity contribution in [3.8, 4) is 0 Å². The van der Waals surface area contributed by atoms with Crippen LogP contribution in [0.1, 0.15) is 32.3 Å². The third kappa shape index (κ3) is 4.14. The molecule has 1 saturated heterocycles. The molecule has 0 saturated carbocycles. The van der Waals surface area contributed by atoms with Gasteiger partial charge in [-0.3, -0.25) is 0 Å². The summed E-state index contributed by atoms with van der Waals surface area (Å²) in [6, 6.07) is 3.07. The fraction of sp³-hybridized carbons (Fsp3) is 0.625. The highest BCUT2D eigenvalue weighted by Gasteiger charge is 2.24. The molecule has 1 atom stereocenters. The summed E-state index contributed by atoms with van der Waals surface area (Å²) in [5.74, 6) is -0.942. The van der Waals surface area contributed by atoms with Crippen LogP contribution in [0.25, 0.3) is 0 Å². The van der Waals surface area contributed by atoms with Crippen LogP contribution >= 0.6 is 0 Å². The van der Waals surface area contributed by atoms with Crippen molar-refractivity contribution < 1.29 is 13.9 Å². The first-order chi connectivity index (χ1) is 10.0. The van der Waals surface area contributed by atoms with E-state index in [1.165, 1.54) is 12.1 Å². The number of aliphatic hydroxyl groups excluding tert-OH is 1. The van der Waals surface area contributed by atoms with Crippen molar-refractivity contribution in [2.45, 2.75) is 39.3 Å². The molecule has 1 aromatic rings. The minimum Gasteiger partial charge on any atom is -0.396 e. The lowest BCUT2D eigenvalue weighted by Gasteiger charge is -2.34. The molecule has 5 heteroatoms.